The molecule has 1 aliphatic carbocycles. The second kappa shape index (κ2) is 8.32. The van der Waals surface area contributed by atoms with Gasteiger partial charge in [-0.1, -0.05) is 48.5 Å². The van der Waals surface area contributed by atoms with Crippen molar-refractivity contribution in [3.63, 3.8) is 0 Å². The van der Waals surface area contributed by atoms with Crippen LogP contribution < -0.4 is 10.0 Å². The summed E-state index contributed by atoms with van der Waals surface area (Å²) in [6, 6.07) is 21.7. The molecule has 3 aromatic rings. The highest BCUT2D eigenvalue weighted by molar-refractivity contribution is 7.92. The van der Waals surface area contributed by atoms with E-state index in [1.54, 1.807) is 48.5 Å². The van der Waals surface area contributed by atoms with Crippen molar-refractivity contribution in [1.29, 1.82) is 0 Å². The van der Waals surface area contributed by atoms with Crippen molar-refractivity contribution in [3.8, 4) is 0 Å². The summed E-state index contributed by atoms with van der Waals surface area (Å²) in [4.78, 5) is 12.8. The number of benzene rings is 3. The van der Waals surface area contributed by atoms with E-state index in [2.05, 4.69) is 22.2 Å². The third-order valence-corrected chi connectivity index (χ3v) is 6.89. The van der Waals surface area contributed by atoms with Crippen molar-refractivity contribution >= 4 is 27.3 Å². The van der Waals surface area contributed by atoms with Gasteiger partial charge in [0.25, 0.3) is 10.0 Å². The van der Waals surface area contributed by atoms with Gasteiger partial charge in [-0.2, -0.15) is 0 Å². The topological polar surface area (TPSA) is 75.3 Å². The molecule has 0 radical (unpaired) electrons. The first-order valence-electron chi connectivity index (χ1n) is 9.98. The molecule has 0 fully saturated rings. The lowest BCUT2D eigenvalue weighted by atomic mass is 9.97. The first kappa shape index (κ1) is 20.2. The fourth-order valence-electron chi connectivity index (χ4n) is 3.91. The van der Waals surface area contributed by atoms with Crippen molar-refractivity contribution in [2.45, 2.75) is 37.0 Å². The molecule has 2 N–H and O–H groups in total. The number of nitrogens with one attached hydrogen (secondary N) is 2. The molecule has 0 aliphatic heterocycles. The standard InChI is InChI=1S/C24H24N2O3S/c1-17-11-14-20(16-23(17)26-30(28,29)21-8-3-2-4-9-21)25-24(27)15-19-13-12-18-7-5-6-10-22(18)19/h2-11,14,16,19,26H,12-13,15H2,1H3,(H,25,27). The van der Waals surface area contributed by atoms with Crippen LogP contribution in [-0.4, -0.2) is 14.3 Å². The number of aryl methyl sites for hydroxylation is 2. The molecule has 30 heavy (non-hydrogen) atoms. The van der Waals surface area contributed by atoms with E-state index in [0.29, 0.717) is 17.8 Å². The highest BCUT2D eigenvalue weighted by Gasteiger charge is 2.24. The Hall–Kier alpha value is -3.12. The van der Waals surface area contributed by atoms with Crippen molar-refractivity contribution in [2.75, 3.05) is 10.0 Å². The fraction of sp³-hybridized carbons (Fsp3) is 0.208. The van der Waals surface area contributed by atoms with Gasteiger partial charge in [0.05, 0.1) is 10.6 Å². The predicted molar refractivity (Wildman–Crippen MR) is 119 cm³/mol. The Morgan fingerprint density at radius 2 is 1.73 bits per heavy atom. The van der Waals surface area contributed by atoms with E-state index in [1.807, 2.05) is 19.1 Å². The number of rotatable bonds is 6. The third kappa shape index (κ3) is 4.39. The predicted octanol–water partition coefficient (Wildman–Crippen LogP) is 4.85. The average molecular weight is 421 g/mol. The van der Waals surface area contributed by atoms with Crippen LogP contribution in [0.2, 0.25) is 0 Å². The summed E-state index contributed by atoms with van der Waals surface area (Å²) in [7, 11) is -3.70. The highest BCUT2D eigenvalue weighted by atomic mass is 32.2. The van der Waals surface area contributed by atoms with Crippen LogP contribution in [0.5, 0.6) is 0 Å². The second-order valence-corrected chi connectivity index (χ2v) is 9.32. The number of sulfonamides is 1. The summed E-state index contributed by atoms with van der Waals surface area (Å²) in [6.45, 7) is 1.82. The summed E-state index contributed by atoms with van der Waals surface area (Å²) >= 11 is 0. The SMILES string of the molecule is Cc1ccc(NC(=O)CC2CCc3ccccc32)cc1NS(=O)(=O)c1ccccc1. The molecular formula is C24H24N2O3S. The van der Waals surface area contributed by atoms with E-state index >= 15 is 0 Å². The third-order valence-electron chi connectivity index (χ3n) is 5.51. The molecule has 1 amide bonds. The van der Waals surface area contributed by atoms with Crippen molar-refractivity contribution in [3.05, 3.63) is 89.5 Å². The molecular weight excluding hydrogens is 396 g/mol. The zero-order chi connectivity index (χ0) is 21.1. The number of fused-ring (bicyclic) bond motifs is 1. The monoisotopic (exact) mass is 420 g/mol. The van der Waals surface area contributed by atoms with Gasteiger partial charge in [0, 0.05) is 12.1 Å². The Labute approximate surface area is 177 Å². The number of hydrogen-bond donors (Lipinski definition) is 2. The van der Waals surface area contributed by atoms with E-state index in [0.717, 1.165) is 18.4 Å². The highest BCUT2D eigenvalue weighted by Crippen LogP contribution is 2.35. The Bertz CT molecular complexity index is 1170. The van der Waals surface area contributed by atoms with Gasteiger partial charge in [0.1, 0.15) is 0 Å². The van der Waals surface area contributed by atoms with E-state index in [4.69, 9.17) is 0 Å². The maximum atomic E-state index is 12.6. The smallest absolute Gasteiger partial charge is 0.261 e. The van der Waals surface area contributed by atoms with Crippen LogP contribution in [0.4, 0.5) is 11.4 Å². The van der Waals surface area contributed by atoms with Crippen LogP contribution in [0.25, 0.3) is 0 Å². The van der Waals surface area contributed by atoms with Gasteiger partial charge >= 0.3 is 0 Å². The number of amides is 1. The summed E-state index contributed by atoms with van der Waals surface area (Å²) in [5, 5.41) is 2.92. The molecule has 154 valence electrons. The van der Waals surface area contributed by atoms with Gasteiger partial charge in [-0.3, -0.25) is 9.52 Å². The molecule has 0 spiro atoms. The maximum absolute atomic E-state index is 12.6. The molecule has 0 bridgehead atoms. The lowest BCUT2D eigenvalue weighted by Crippen LogP contribution is -2.16. The number of carbonyl (C=O) groups excluding carboxylic acids is 1. The molecule has 3 aromatic carbocycles. The van der Waals surface area contributed by atoms with Crippen LogP contribution in [0.1, 0.15) is 35.4 Å². The zero-order valence-corrected chi connectivity index (χ0v) is 17.6. The van der Waals surface area contributed by atoms with Gasteiger partial charge in [-0.25, -0.2) is 8.42 Å². The lowest BCUT2D eigenvalue weighted by Gasteiger charge is -2.14. The zero-order valence-electron chi connectivity index (χ0n) is 16.8. The lowest BCUT2D eigenvalue weighted by molar-refractivity contribution is -0.116. The normalized spacial score (nSPS) is 15.4. The largest absolute Gasteiger partial charge is 0.326 e. The molecule has 1 atom stereocenters. The van der Waals surface area contributed by atoms with Gasteiger partial charge in [-0.05, 0) is 66.6 Å². The van der Waals surface area contributed by atoms with Crippen LogP contribution in [0.15, 0.2) is 77.7 Å². The van der Waals surface area contributed by atoms with E-state index < -0.39 is 10.0 Å². The second-order valence-electron chi connectivity index (χ2n) is 7.63. The van der Waals surface area contributed by atoms with Crippen molar-refractivity contribution < 1.29 is 13.2 Å². The maximum Gasteiger partial charge on any atom is 0.261 e. The minimum Gasteiger partial charge on any atom is -0.326 e. The number of carbonyl (C=O) groups is 1. The van der Waals surface area contributed by atoms with Crippen LogP contribution in [-0.2, 0) is 21.2 Å². The Morgan fingerprint density at radius 3 is 2.53 bits per heavy atom. The van der Waals surface area contributed by atoms with Crippen LogP contribution in [0, 0.1) is 6.92 Å². The fourth-order valence-corrected chi connectivity index (χ4v) is 5.05. The number of hydrogen-bond acceptors (Lipinski definition) is 3. The minimum atomic E-state index is -3.70. The molecule has 1 unspecified atom stereocenters. The van der Waals surface area contributed by atoms with Crippen LogP contribution in [0.3, 0.4) is 0 Å². The minimum absolute atomic E-state index is 0.0718. The average Bonchev–Trinajstić information content (AvgIpc) is 3.14. The molecule has 6 heteroatoms. The molecule has 1 aliphatic rings. The van der Waals surface area contributed by atoms with Gasteiger partial charge in [0.2, 0.25) is 5.91 Å². The van der Waals surface area contributed by atoms with Gasteiger partial charge in [-0.15, -0.1) is 0 Å². The van der Waals surface area contributed by atoms with Gasteiger partial charge in [0.15, 0.2) is 0 Å². The van der Waals surface area contributed by atoms with E-state index in [9.17, 15) is 13.2 Å². The molecule has 0 saturated heterocycles. The molecule has 0 saturated carbocycles. The molecule has 0 heterocycles. The van der Waals surface area contributed by atoms with E-state index in [-0.39, 0.29) is 16.7 Å². The first-order valence-corrected chi connectivity index (χ1v) is 11.5. The summed E-state index contributed by atoms with van der Waals surface area (Å²) in [5.41, 5.74) is 4.37. The number of anilines is 2. The first-order chi connectivity index (χ1) is 14.4. The van der Waals surface area contributed by atoms with E-state index in [1.165, 1.54) is 11.1 Å². The summed E-state index contributed by atoms with van der Waals surface area (Å²) < 4.78 is 27.9. The Balaban J connectivity index is 1.46. The Kier molecular flexibility index (Phi) is 5.59. The molecule has 4 rings (SSSR count). The van der Waals surface area contributed by atoms with Gasteiger partial charge < -0.3 is 5.32 Å². The molecule has 5 nitrogen and oxygen atoms in total. The summed E-state index contributed by atoms with van der Waals surface area (Å²) in [5.74, 6) is 0.153. The Morgan fingerprint density at radius 1 is 1.00 bits per heavy atom. The van der Waals surface area contributed by atoms with Crippen molar-refractivity contribution in [2.24, 2.45) is 0 Å². The van der Waals surface area contributed by atoms with Crippen LogP contribution >= 0.6 is 0 Å². The summed E-state index contributed by atoms with van der Waals surface area (Å²) in [6.07, 6.45) is 2.39. The molecule has 0 aromatic heterocycles. The van der Waals surface area contributed by atoms with Crippen molar-refractivity contribution in [1.82, 2.24) is 0 Å². The quantitative estimate of drug-likeness (QED) is 0.598.